The first-order chi connectivity index (χ1) is 6.22. The summed E-state index contributed by atoms with van der Waals surface area (Å²) in [5.74, 6) is 0.765. The van der Waals surface area contributed by atoms with E-state index in [1.165, 1.54) is 24.1 Å². The molecule has 0 amide bonds. The molecule has 0 aliphatic heterocycles. The number of nitrogens with one attached hydrogen (secondary N) is 1. The third-order valence-electron chi connectivity index (χ3n) is 3.10. The summed E-state index contributed by atoms with van der Waals surface area (Å²) in [5, 5.41) is 3.21. The molecule has 0 radical (unpaired) electrons. The third kappa shape index (κ3) is 1.32. The van der Waals surface area contributed by atoms with E-state index in [2.05, 4.69) is 31.3 Å². The Morgan fingerprint density at radius 1 is 1.38 bits per heavy atom. The van der Waals surface area contributed by atoms with Gasteiger partial charge in [0.1, 0.15) is 0 Å². The van der Waals surface area contributed by atoms with Crippen LogP contribution in [0, 0.1) is 6.92 Å². The fraction of sp³-hybridized carbons (Fsp3) is 0.500. The van der Waals surface area contributed by atoms with Crippen molar-refractivity contribution in [2.24, 2.45) is 0 Å². The van der Waals surface area contributed by atoms with Crippen LogP contribution in [0.5, 0.6) is 0 Å². The zero-order valence-corrected chi connectivity index (χ0v) is 8.65. The van der Waals surface area contributed by atoms with Gasteiger partial charge in [0.05, 0.1) is 0 Å². The van der Waals surface area contributed by atoms with Gasteiger partial charge >= 0.3 is 0 Å². The van der Waals surface area contributed by atoms with Gasteiger partial charge in [-0.25, -0.2) is 0 Å². The van der Waals surface area contributed by atoms with Gasteiger partial charge in [0.2, 0.25) is 0 Å². The van der Waals surface area contributed by atoms with Crippen molar-refractivity contribution in [1.82, 2.24) is 0 Å². The molecule has 70 valence electrons. The molecule has 0 aromatic heterocycles. The lowest BCUT2D eigenvalue weighted by Gasteiger charge is -2.11. The van der Waals surface area contributed by atoms with Crippen LogP contribution in [0.1, 0.15) is 36.0 Å². The highest BCUT2D eigenvalue weighted by Crippen LogP contribution is 2.36. The fourth-order valence-electron chi connectivity index (χ4n) is 2.44. The molecule has 1 unspecified atom stereocenters. The Morgan fingerprint density at radius 2 is 2.15 bits per heavy atom. The van der Waals surface area contributed by atoms with Gasteiger partial charge in [0.25, 0.3) is 0 Å². The molecule has 1 aliphatic rings. The van der Waals surface area contributed by atoms with Crippen LogP contribution < -0.4 is 5.32 Å². The second kappa shape index (κ2) is 3.06. The summed E-state index contributed by atoms with van der Waals surface area (Å²) in [6.07, 6.45) is 2.58. The van der Waals surface area contributed by atoms with Gasteiger partial charge in [-0.05, 0) is 54.5 Å². The van der Waals surface area contributed by atoms with Crippen molar-refractivity contribution < 1.29 is 0 Å². The first-order valence-electron chi connectivity index (χ1n) is 5.03. The molecule has 13 heavy (non-hydrogen) atoms. The van der Waals surface area contributed by atoms with E-state index in [1.807, 2.05) is 7.05 Å². The Labute approximate surface area is 80.2 Å². The molecule has 0 fully saturated rings. The largest absolute Gasteiger partial charge is 0.388 e. The van der Waals surface area contributed by atoms with Crippen molar-refractivity contribution in [2.45, 2.75) is 32.6 Å². The molecule has 0 heterocycles. The summed E-state index contributed by atoms with van der Waals surface area (Å²) in [4.78, 5) is 0. The van der Waals surface area contributed by atoms with E-state index in [0.29, 0.717) is 0 Å². The summed E-state index contributed by atoms with van der Waals surface area (Å²) in [7, 11) is 1.99. The molecule has 0 bridgehead atoms. The third-order valence-corrected chi connectivity index (χ3v) is 3.10. The molecule has 1 atom stereocenters. The highest BCUT2D eigenvalue weighted by molar-refractivity contribution is 5.54. The summed E-state index contributed by atoms with van der Waals surface area (Å²) in [6, 6.07) is 4.55. The van der Waals surface area contributed by atoms with Crippen molar-refractivity contribution in [1.29, 1.82) is 0 Å². The Hall–Kier alpha value is -0.980. The summed E-state index contributed by atoms with van der Waals surface area (Å²) < 4.78 is 0. The van der Waals surface area contributed by atoms with Gasteiger partial charge in [-0.15, -0.1) is 0 Å². The second-order valence-electron chi connectivity index (χ2n) is 4.06. The van der Waals surface area contributed by atoms with Gasteiger partial charge in [-0.3, -0.25) is 0 Å². The average Bonchev–Trinajstić information content (AvgIpc) is 2.48. The van der Waals surface area contributed by atoms with E-state index in [1.54, 1.807) is 11.1 Å². The molecule has 0 saturated heterocycles. The van der Waals surface area contributed by atoms with Crippen LogP contribution in [0.25, 0.3) is 0 Å². The number of benzene rings is 1. The van der Waals surface area contributed by atoms with E-state index < -0.39 is 0 Å². The van der Waals surface area contributed by atoms with E-state index in [-0.39, 0.29) is 0 Å². The molecular formula is C12H17N. The smallest absolute Gasteiger partial charge is 0.0343 e. The minimum atomic E-state index is 0.765. The number of hydrogen-bond donors (Lipinski definition) is 1. The van der Waals surface area contributed by atoms with E-state index in [9.17, 15) is 0 Å². The van der Waals surface area contributed by atoms with E-state index in [0.717, 1.165) is 5.92 Å². The number of fused-ring (bicyclic) bond motifs is 1. The molecule has 1 heteroatoms. The highest BCUT2D eigenvalue weighted by Gasteiger charge is 2.20. The van der Waals surface area contributed by atoms with Crippen molar-refractivity contribution in [2.75, 3.05) is 12.4 Å². The Morgan fingerprint density at radius 3 is 2.85 bits per heavy atom. The Kier molecular flexibility index (Phi) is 2.03. The van der Waals surface area contributed by atoms with E-state index in [4.69, 9.17) is 0 Å². The zero-order valence-electron chi connectivity index (χ0n) is 8.65. The summed E-state index contributed by atoms with van der Waals surface area (Å²) in [5.41, 5.74) is 5.85. The lowest BCUT2D eigenvalue weighted by atomic mass is 9.97. The highest BCUT2D eigenvalue weighted by atomic mass is 14.8. The number of aryl methyl sites for hydroxylation is 2. The lowest BCUT2D eigenvalue weighted by molar-refractivity contribution is 0.744. The maximum absolute atomic E-state index is 3.21. The maximum atomic E-state index is 3.21. The predicted octanol–water partition coefficient (Wildman–Crippen LogP) is 3.09. The molecule has 2 rings (SSSR count). The van der Waals surface area contributed by atoms with Crippen molar-refractivity contribution in [3.8, 4) is 0 Å². The van der Waals surface area contributed by atoms with Crippen LogP contribution in [0.15, 0.2) is 12.1 Å². The van der Waals surface area contributed by atoms with Gasteiger partial charge in [0, 0.05) is 12.7 Å². The van der Waals surface area contributed by atoms with Crippen molar-refractivity contribution in [3.63, 3.8) is 0 Å². The van der Waals surface area contributed by atoms with Gasteiger partial charge in [0.15, 0.2) is 0 Å². The molecule has 1 N–H and O–H groups in total. The van der Waals surface area contributed by atoms with E-state index >= 15 is 0 Å². The van der Waals surface area contributed by atoms with Crippen molar-refractivity contribution in [3.05, 3.63) is 28.8 Å². The summed E-state index contributed by atoms with van der Waals surface area (Å²) >= 11 is 0. The minimum Gasteiger partial charge on any atom is -0.388 e. The number of anilines is 1. The second-order valence-corrected chi connectivity index (χ2v) is 4.06. The number of rotatable bonds is 1. The molecule has 1 aromatic rings. The minimum absolute atomic E-state index is 0.765. The molecule has 0 saturated carbocycles. The molecule has 1 nitrogen and oxygen atoms in total. The first kappa shape index (κ1) is 8.61. The quantitative estimate of drug-likeness (QED) is 0.691. The van der Waals surface area contributed by atoms with Crippen LogP contribution in [0.3, 0.4) is 0 Å². The zero-order chi connectivity index (χ0) is 9.42. The summed E-state index contributed by atoms with van der Waals surface area (Å²) in [6.45, 7) is 4.55. The Bertz CT molecular complexity index is 328. The van der Waals surface area contributed by atoms with Crippen LogP contribution in [-0.2, 0) is 6.42 Å². The molecule has 1 aromatic carbocycles. The SMILES string of the molecule is CNc1cc(C)c2c(c1)CCC2C. The fourth-order valence-corrected chi connectivity index (χ4v) is 2.44. The standard InChI is InChI=1S/C12H17N/c1-8-4-5-10-7-11(13-3)6-9(2)12(8)10/h6-8,13H,4-5H2,1-3H3. The van der Waals surface area contributed by atoms with Crippen LogP contribution in [0.2, 0.25) is 0 Å². The Balaban J connectivity index is 2.53. The predicted molar refractivity (Wildman–Crippen MR) is 57.5 cm³/mol. The molecular weight excluding hydrogens is 158 g/mol. The maximum Gasteiger partial charge on any atom is 0.0343 e. The van der Waals surface area contributed by atoms with Crippen LogP contribution in [0.4, 0.5) is 5.69 Å². The van der Waals surface area contributed by atoms with Crippen LogP contribution in [-0.4, -0.2) is 7.05 Å². The monoisotopic (exact) mass is 175 g/mol. The van der Waals surface area contributed by atoms with Crippen LogP contribution >= 0.6 is 0 Å². The van der Waals surface area contributed by atoms with Crippen molar-refractivity contribution >= 4 is 5.69 Å². The number of hydrogen-bond acceptors (Lipinski definition) is 1. The lowest BCUT2D eigenvalue weighted by Crippen LogP contribution is -1.95. The van der Waals surface area contributed by atoms with Gasteiger partial charge < -0.3 is 5.32 Å². The average molecular weight is 175 g/mol. The molecule has 1 aliphatic carbocycles. The van der Waals surface area contributed by atoms with Gasteiger partial charge in [-0.2, -0.15) is 0 Å². The van der Waals surface area contributed by atoms with Gasteiger partial charge in [-0.1, -0.05) is 6.92 Å². The normalized spacial score (nSPS) is 20.1. The topological polar surface area (TPSA) is 12.0 Å². The first-order valence-corrected chi connectivity index (χ1v) is 5.03. The molecule has 0 spiro atoms.